The highest BCUT2D eigenvalue weighted by atomic mass is 16.5. The van der Waals surface area contributed by atoms with Crippen molar-refractivity contribution in [3.8, 4) is 11.5 Å². The summed E-state index contributed by atoms with van der Waals surface area (Å²) in [6.45, 7) is 1.99. The molecule has 0 bridgehead atoms. The van der Waals surface area contributed by atoms with E-state index in [2.05, 4.69) is 15.1 Å². The quantitative estimate of drug-likeness (QED) is 0.642. The molecule has 0 fully saturated rings. The number of nitrogens with zero attached hydrogens (tertiary/aromatic N) is 3. The largest absolute Gasteiger partial charge is 0.331 e. The average molecular weight is 239 g/mol. The number of benzene rings is 1. The third-order valence-electron chi connectivity index (χ3n) is 2.69. The Bertz CT molecular complexity index is 734. The van der Waals surface area contributed by atoms with Gasteiger partial charge in [0.05, 0.1) is 5.52 Å². The van der Waals surface area contributed by atoms with E-state index in [0.29, 0.717) is 17.8 Å². The van der Waals surface area contributed by atoms with E-state index in [9.17, 15) is 4.79 Å². The molecule has 0 saturated carbocycles. The zero-order valence-electron chi connectivity index (χ0n) is 9.62. The molecule has 0 amide bonds. The van der Waals surface area contributed by atoms with Crippen LogP contribution in [0.5, 0.6) is 0 Å². The second-order valence-electron chi connectivity index (χ2n) is 3.92. The molecule has 88 valence electrons. The fourth-order valence-electron chi connectivity index (χ4n) is 1.85. The van der Waals surface area contributed by atoms with Gasteiger partial charge in [-0.05, 0) is 24.6 Å². The number of carbonyl (C=O) groups is 1. The van der Waals surface area contributed by atoms with E-state index in [4.69, 9.17) is 4.52 Å². The Morgan fingerprint density at radius 2 is 2.06 bits per heavy atom. The molecule has 0 aliphatic carbocycles. The zero-order chi connectivity index (χ0) is 12.5. The highest BCUT2D eigenvalue weighted by Crippen LogP contribution is 2.22. The number of fused-ring (bicyclic) bond motifs is 1. The summed E-state index contributed by atoms with van der Waals surface area (Å²) in [5.74, 6) is 0.281. The maximum absolute atomic E-state index is 10.5. The Balaban J connectivity index is 2.20. The molecule has 2 heterocycles. The highest BCUT2D eigenvalue weighted by molar-refractivity contribution is 5.84. The van der Waals surface area contributed by atoms with Crippen LogP contribution in [0, 0.1) is 6.92 Å². The first kappa shape index (κ1) is 10.6. The predicted octanol–water partition coefficient (Wildman–Crippen LogP) is 2.41. The molecular weight excluding hydrogens is 230 g/mol. The fraction of sp³-hybridized carbons (Fsp3) is 0.0769. The first-order chi connectivity index (χ1) is 8.78. The summed E-state index contributed by atoms with van der Waals surface area (Å²) in [4.78, 5) is 18.9. The van der Waals surface area contributed by atoms with Crippen molar-refractivity contribution < 1.29 is 9.32 Å². The summed E-state index contributed by atoms with van der Waals surface area (Å²) in [5, 5.41) is 4.81. The maximum atomic E-state index is 10.5. The topological polar surface area (TPSA) is 68.9 Å². The lowest BCUT2D eigenvalue weighted by Gasteiger charge is -2.03. The predicted molar refractivity (Wildman–Crippen MR) is 65.2 cm³/mol. The maximum Gasteiger partial charge on any atom is 0.291 e. The number of para-hydroxylation sites is 1. The number of aryl methyl sites for hydroxylation is 1. The number of aromatic nitrogens is 3. The summed E-state index contributed by atoms with van der Waals surface area (Å²) < 4.78 is 4.75. The van der Waals surface area contributed by atoms with E-state index in [1.165, 1.54) is 0 Å². The van der Waals surface area contributed by atoms with Crippen molar-refractivity contribution in [2.45, 2.75) is 6.92 Å². The zero-order valence-corrected chi connectivity index (χ0v) is 9.62. The van der Waals surface area contributed by atoms with Crippen LogP contribution in [0.1, 0.15) is 16.2 Å². The van der Waals surface area contributed by atoms with Crippen molar-refractivity contribution in [3.05, 3.63) is 41.8 Å². The molecule has 1 aromatic carbocycles. The SMILES string of the molecule is Cc1cc(-c2noc(C=O)n2)nc2ccccc12. The van der Waals surface area contributed by atoms with Gasteiger partial charge < -0.3 is 4.52 Å². The van der Waals surface area contributed by atoms with Crippen molar-refractivity contribution in [1.82, 2.24) is 15.1 Å². The van der Waals surface area contributed by atoms with Crippen LogP contribution in [-0.2, 0) is 0 Å². The Morgan fingerprint density at radius 3 is 2.83 bits per heavy atom. The third kappa shape index (κ3) is 1.66. The van der Waals surface area contributed by atoms with E-state index in [0.717, 1.165) is 16.5 Å². The van der Waals surface area contributed by atoms with Crippen LogP contribution in [0.25, 0.3) is 22.4 Å². The van der Waals surface area contributed by atoms with E-state index in [1.54, 1.807) is 0 Å². The van der Waals surface area contributed by atoms with Gasteiger partial charge in [0.2, 0.25) is 12.1 Å². The molecular formula is C13H9N3O2. The van der Waals surface area contributed by atoms with Gasteiger partial charge in [0.1, 0.15) is 5.69 Å². The molecule has 2 aromatic heterocycles. The van der Waals surface area contributed by atoms with E-state index < -0.39 is 0 Å². The standard InChI is InChI=1S/C13H9N3O2/c1-8-6-11(13-15-12(7-17)18-16-13)14-10-5-3-2-4-9(8)10/h2-7H,1H3. The molecule has 0 spiro atoms. The number of rotatable bonds is 2. The Morgan fingerprint density at radius 1 is 1.22 bits per heavy atom. The van der Waals surface area contributed by atoms with Crippen molar-refractivity contribution in [2.75, 3.05) is 0 Å². The minimum atomic E-state index is -0.0439. The summed E-state index contributed by atoms with van der Waals surface area (Å²) in [6.07, 6.45) is 0.518. The number of hydrogen-bond acceptors (Lipinski definition) is 5. The lowest BCUT2D eigenvalue weighted by molar-refractivity contribution is 0.108. The number of hydrogen-bond donors (Lipinski definition) is 0. The van der Waals surface area contributed by atoms with Gasteiger partial charge in [-0.2, -0.15) is 4.98 Å². The van der Waals surface area contributed by atoms with Crippen LogP contribution >= 0.6 is 0 Å². The van der Waals surface area contributed by atoms with Gasteiger partial charge in [0, 0.05) is 5.39 Å². The normalized spacial score (nSPS) is 10.7. The van der Waals surface area contributed by atoms with Crippen molar-refractivity contribution in [2.24, 2.45) is 0 Å². The lowest BCUT2D eigenvalue weighted by atomic mass is 10.1. The second-order valence-corrected chi connectivity index (χ2v) is 3.92. The van der Waals surface area contributed by atoms with Gasteiger partial charge in [-0.25, -0.2) is 4.98 Å². The molecule has 5 heteroatoms. The van der Waals surface area contributed by atoms with Crippen LogP contribution < -0.4 is 0 Å². The summed E-state index contributed by atoms with van der Waals surface area (Å²) in [5.41, 5.74) is 2.54. The van der Waals surface area contributed by atoms with Crippen molar-refractivity contribution in [1.29, 1.82) is 0 Å². The van der Waals surface area contributed by atoms with Crippen LogP contribution in [-0.4, -0.2) is 21.4 Å². The van der Waals surface area contributed by atoms with Crippen molar-refractivity contribution in [3.63, 3.8) is 0 Å². The van der Waals surface area contributed by atoms with Gasteiger partial charge in [-0.3, -0.25) is 4.79 Å². The fourth-order valence-corrected chi connectivity index (χ4v) is 1.85. The second kappa shape index (κ2) is 4.03. The van der Waals surface area contributed by atoms with Crippen LogP contribution in [0.4, 0.5) is 0 Å². The van der Waals surface area contributed by atoms with E-state index in [1.807, 2.05) is 37.3 Å². The molecule has 0 N–H and O–H groups in total. The Kier molecular flexibility index (Phi) is 2.37. The van der Waals surface area contributed by atoms with Gasteiger partial charge in [-0.1, -0.05) is 23.4 Å². The molecule has 0 atom stereocenters. The van der Waals surface area contributed by atoms with Crippen LogP contribution in [0.15, 0.2) is 34.9 Å². The van der Waals surface area contributed by atoms with E-state index in [-0.39, 0.29) is 5.89 Å². The number of pyridine rings is 1. The lowest BCUT2D eigenvalue weighted by Crippen LogP contribution is -1.90. The minimum Gasteiger partial charge on any atom is -0.331 e. The van der Waals surface area contributed by atoms with Gasteiger partial charge in [0.15, 0.2) is 0 Å². The molecule has 0 unspecified atom stereocenters. The van der Waals surface area contributed by atoms with Crippen LogP contribution in [0.3, 0.4) is 0 Å². The minimum absolute atomic E-state index is 0.0439. The van der Waals surface area contributed by atoms with Gasteiger partial charge >= 0.3 is 0 Å². The van der Waals surface area contributed by atoms with Gasteiger partial charge in [-0.15, -0.1) is 0 Å². The first-order valence-corrected chi connectivity index (χ1v) is 5.43. The monoisotopic (exact) mass is 239 g/mol. The molecule has 5 nitrogen and oxygen atoms in total. The Labute approximate surface area is 102 Å². The smallest absolute Gasteiger partial charge is 0.291 e. The molecule has 3 aromatic rings. The number of carbonyl (C=O) groups excluding carboxylic acids is 1. The third-order valence-corrected chi connectivity index (χ3v) is 2.69. The van der Waals surface area contributed by atoms with Gasteiger partial charge in [0.25, 0.3) is 5.89 Å². The van der Waals surface area contributed by atoms with E-state index >= 15 is 0 Å². The molecule has 0 aliphatic heterocycles. The summed E-state index contributed by atoms with van der Waals surface area (Å²) in [6, 6.07) is 9.70. The molecule has 0 radical (unpaired) electrons. The highest BCUT2D eigenvalue weighted by Gasteiger charge is 2.11. The summed E-state index contributed by atoms with van der Waals surface area (Å²) >= 11 is 0. The molecule has 18 heavy (non-hydrogen) atoms. The molecule has 0 saturated heterocycles. The molecule has 3 rings (SSSR count). The number of aldehydes is 1. The van der Waals surface area contributed by atoms with Crippen molar-refractivity contribution >= 4 is 17.2 Å². The average Bonchev–Trinajstić information content (AvgIpc) is 2.87. The molecule has 0 aliphatic rings. The first-order valence-electron chi connectivity index (χ1n) is 5.43. The summed E-state index contributed by atoms with van der Waals surface area (Å²) in [7, 11) is 0. The Hall–Kier alpha value is -2.56. The van der Waals surface area contributed by atoms with Crippen LogP contribution in [0.2, 0.25) is 0 Å².